The molecule has 104 valence electrons. The van der Waals surface area contributed by atoms with Gasteiger partial charge in [0.25, 0.3) is 0 Å². The Morgan fingerprint density at radius 2 is 1.85 bits per heavy atom. The van der Waals surface area contributed by atoms with Crippen molar-refractivity contribution in [2.45, 2.75) is 18.8 Å². The topological polar surface area (TPSA) is 20.3 Å². The number of thiophene rings is 1. The number of benzene rings is 1. The fraction of sp³-hybridized carbons (Fsp3) is 0.353. The van der Waals surface area contributed by atoms with E-state index in [-0.39, 0.29) is 11.7 Å². The van der Waals surface area contributed by atoms with E-state index in [1.807, 2.05) is 35.7 Å². The van der Waals surface area contributed by atoms with Gasteiger partial charge in [-0.25, -0.2) is 0 Å². The van der Waals surface area contributed by atoms with Crippen molar-refractivity contribution >= 4 is 17.1 Å². The van der Waals surface area contributed by atoms with Gasteiger partial charge in [0, 0.05) is 6.54 Å². The van der Waals surface area contributed by atoms with E-state index < -0.39 is 0 Å². The van der Waals surface area contributed by atoms with E-state index in [2.05, 4.69) is 17.0 Å². The van der Waals surface area contributed by atoms with Crippen molar-refractivity contribution in [1.29, 1.82) is 0 Å². The molecular formula is C17H19NOS. The minimum Gasteiger partial charge on any atom is -0.302 e. The lowest BCUT2D eigenvalue weighted by molar-refractivity contribution is 0.0944. The molecule has 1 fully saturated rings. The number of Topliss-reactive ketones (excluding diaryl/α,β-unsaturated/α-hetero) is 1. The van der Waals surface area contributed by atoms with Crippen LogP contribution in [0.5, 0.6) is 0 Å². The van der Waals surface area contributed by atoms with Crippen LogP contribution in [0.15, 0.2) is 47.8 Å². The van der Waals surface area contributed by atoms with E-state index >= 15 is 0 Å². The van der Waals surface area contributed by atoms with Crippen molar-refractivity contribution in [3.63, 3.8) is 0 Å². The average molecular weight is 285 g/mol. The summed E-state index contributed by atoms with van der Waals surface area (Å²) in [6.45, 7) is 3.10. The number of rotatable bonds is 5. The quantitative estimate of drug-likeness (QED) is 0.779. The van der Waals surface area contributed by atoms with E-state index in [0.29, 0.717) is 0 Å². The molecule has 1 saturated heterocycles. The van der Waals surface area contributed by atoms with Crippen LogP contribution < -0.4 is 0 Å². The van der Waals surface area contributed by atoms with Gasteiger partial charge >= 0.3 is 0 Å². The molecule has 0 spiro atoms. The number of ketones is 1. The van der Waals surface area contributed by atoms with Crippen molar-refractivity contribution in [3.05, 3.63) is 58.3 Å². The van der Waals surface area contributed by atoms with Crippen LogP contribution in [0.4, 0.5) is 0 Å². The van der Waals surface area contributed by atoms with Crippen LogP contribution in [-0.2, 0) is 0 Å². The summed E-state index contributed by atoms with van der Waals surface area (Å²) in [5, 5.41) is 1.98. The lowest BCUT2D eigenvalue weighted by Gasteiger charge is -2.22. The summed E-state index contributed by atoms with van der Waals surface area (Å²) in [4.78, 5) is 16.1. The van der Waals surface area contributed by atoms with Crippen LogP contribution in [0.2, 0.25) is 0 Å². The van der Waals surface area contributed by atoms with Crippen LogP contribution >= 0.6 is 11.3 Å². The normalized spacial score (nSPS) is 17.2. The van der Waals surface area contributed by atoms with Crippen molar-refractivity contribution < 1.29 is 4.79 Å². The molecule has 20 heavy (non-hydrogen) atoms. The summed E-state index contributed by atoms with van der Waals surface area (Å²) in [5.41, 5.74) is 1.14. The zero-order chi connectivity index (χ0) is 13.8. The van der Waals surface area contributed by atoms with E-state index in [9.17, 15) is 4.79 Å². The number of nitrogens with zero attached hydrogens (tertiary/aromatic N) is 1. The molecule has 3 heteroatoms. The highest BCUT2D eigenvalue weighted by atomic mass is 32.1. The first-order valence-electron chi connectivity index (χ1n) is 7.19. The van der Waals surface area contributed by atoms with E-state index in [1.54, 1.807) is 11.3 Å². The zero-order valence-electron chi connectivity index (χ0n) is 11.5. The molecule has 0 aliphatic carbocycles. The largest absolute Gasteiger partial charge is 0.302 e. The maximum Gasteiger partial charge on any atom is 0.181 e. The number of likely N-dealkylation sites (tertiary alicyclic amines) is 1. The van der Waals surface area contributed by atoms with Gasteiger partial charge in [-0.05, 0) is 42.9 Å². The molecular weight excluding hydrogens is 266 g/mol. The summed E-state index contributed by atoms with van der Waals surface area (Å²) in [7, 11) is 0. The number of hydrogen-bond donors (Lipinski definition) is 0. The predicted octanol–water partition coefficient (Wildman–Crippen LogP) is 3.81. The molecule has 1 aliphatic rings. The lowest BCUT2D eigenvalue weighted by atomic mass is 9.93. The Labute approximate surface area is 124 Å². The third-order valence-corrected chi connectivity index (χ3v) is 4.81. The van der Waals surface area contributed by atoms with Gasteiger partial charge in [0.05, 0.1) is 10.8 Å². The van der Waals surface area contributed by atoms with E-state index in [0.717, 1.165) is 30.1 Å². The van der Waals surface area contributed by atoms with Gasteiger partial charge in [0.1, 0.15) is 0 Å². The molecule has 3 rings (SSSR count). The maximum atomic E-state index is 12.8. The number of carbonyl (C=O) groups excluding carboxylic acids is 1. The second-order valence-electron chi connectivity index (χ2n) is 5.31. The summed E-state index contributed by atoms with van der Waals surface area (Å²) in [6, 6.07) is 14.1. The number of carbonyl (C=O) groups is 1. The van der Waals surface area contributed by atoms with Gasteiger partial charge in [-0.1, -0.05) is 36.4 Å². The van der Waals surface area contributed by atoms with Crippen LogP contribution in [-0.4, -0.2) is 30.3 Å². The van der Waals surface area contributed by atoms with Gasteiger partial charge in [0.2, 0.25) is 0 Å². The van der Waals surface area contributed by atoms with Crippen molar-refractivity contribution in [2.75, 3.05) is 19.6 Å². The Hall–Kier alpha value is -1.45. The molecule has 0 radical (unpaired) electrons. The first-order valence-corrected chi connectivity index (χ1v) is 8.07. The first kappa shape index (κ1) is 13.5. The monoisotopic (exact) mass is 285 g/mol. The summed E-state index contributed by atoms with van der Waals surface area (Å²) >= 11 is 1.54. The maximum absolute atomic E-state index is 12.8. The third-order valence-electron chi connectivity index (χ3n) is 3.92. The molecule has 0 N–H and O–H groups in total. The Bertz CT molecular complexity index is 544. The van der Waals surface area contributed by atoms with Crippen LogP contribution in [0.3, 0.4) is 0 Å². The summed E-state index contributed by atoms with van der Waals surface area (Å²) < 4.78 is 0. The molecule has 1 aromatic carbocycles. The zero-order valence-corrected chi connectivity index (χ0v) is 12.3. The minimum absolute atomic E-state index is 0.0343. The molecule has 2 nitrogen and oxygen atoms in total. The second-order valence-corrected chi connectivity index (χ2v) is 6.26. The molecule has 2 aromatic rings. The SMILES string of the molecule is O=C(c1cccs1)C(CN1CCCC1)c1ccccc1. The third kappa shape index (κ3) is 3.00. The molecule has 2 heterocycles. The molecule has 1 atom stereocenters. The Morgan fingerprint density at radius 3 is 2.50 bits per heavy atom. The van der Waals surface area contributed by atoms with Gasteiger partial charge in [-0.2, -0.15) is 0 Å². The highest BCUT2D eigenvalue weighted by Crippen LogP contribution is 2.25. The van der Waals surface area contributed by atoms with Gasteiger partial charge in [-0.3, -0.25) is 4.79 Å². The fourth-order valence-corrected chi connectivity index (χ4v) is 3.56. The standard InChI is InChI=1S/C17H19NOS/c19-17(16-9-6-12-20-16)15(13-18-10-4-5-11-18)14-7-2-1-3-8-14/h1-3,6-9,12,15H,4-5,10-11,13H2. The Kier molecular flexibility index (Phi) is 4.28. The van der Waals surface area contributed by atoms with Crippen molar-refractivity contribution in [1.82, 2.24) is 4.90 Å². The lowest BCUT2D eigenvalue weighted by Crippen LogP contribution is -2.29. The van der Waals surface area contributed by atoms with E-state index in [1.165, 1.54) is 12.8 Å². The summed E-state index contributed by atoms with van der Waals surface area (Å²) in [5.74, 6) is 0.228. The van der Waals surface area contributed by atoms with Crippen LogP contribution in [0.1, 0.15) is 34.0 Å². The van der Waals surface area contributed by atoms with Gasteiger partial charge < -0.3 is 4.90 Å². The van der Waals surface area contributed by atoms with Crippen molar-refractivity contribution in [3.8, 4) is 0 Å². The van der Waals surface area contributed by atoms with Gasteiger partial charge in [-0.15, -0.1) is 11.3 Å². The molecule has 0 bridgehead atoms. The predicted molar refractivity (Wildman–Crippen MR) is 83.5 cm³/mol. The summed E-state index contributed by atoms with van der Waals surface area (Å²) in [6.07, 6.45) is 2.52. The molecule has 0 saturated carbocycles. The van der Waals surface area contributed by atoms with Crippen LogP contribution in [0, 0.1) is 0 Å². The number of hydrogen-bond acceptors (Lipinski definition) is 3. The fourth-order valence-electron chi connectivity index (χ4n) is 2.84. The molecule has 1 aliphatic heterocycles. The highest BCUT2D eigenvalue weighted by molar-refractivity contribution is 7.12. The van der Waals surface area contributed by atoms with Gasteiger partial charge in [0.15, 0.2) is 5.78 Å². The highest BCUT2D eigenvalue weighted by Gasteiger charge is 2.26. The van der Waals surface area contributed by atoms with Crippen LogP contribution in [0.25, 0.3) is 0 Å². The smallest absolute Gasteiger partial charge is 0.181 e. The van der Waals surface area contributed by atoms with E-state index in [4.69, 9.17) is 0 Å². The average Bonchev–Trinajstić information content (AvgIpc) is 3.18. The first-order chi connectivity index (χ1) is 9.84. The van der Waals surface area contributed by atoms with Crippen molar-refractivity contribution in [2.24, 2.45) is 0 Å². The molecule has 1 unspecified atom stereocenters. The second kappa shape index (κ2) is 6.33. The Morgan fingerprint density at radius 1 is 1.10 bits per heavy atom. The minimum atomic E-state index is -0.0343. The molecule has 0 amide bonds. The molecule has 1 aromatic heterocycles. The Balaban J connectivity index is 1.84.